The molecule has 0 spiro atoms. The molecule has 0 aromatic heterocycles. The molecule has 1 atom stereocenters. The minimum Gasteiger partial charge on any atom is -0.469 e. The number of hydrogen-bond donors (Lipinski definition) is 1. The van der Waals surface area contributed by atoms with Crippen molar-refractivity contribution in [1.29, 1.82) is 0 Å². The molecule has 0 aromatic carbocycles. The van der Waals surface area contributed by atoms with E-state index < -0.39 is 18.1 Å². The average molecular weight is 217 g/mol. The van der Waals surface area contributed by atoms with Crippen LogP contribution in [0.1, 0.15) is 19.8 Å². The second-order valence-corrected chi connectivity index (χ2v) is 2.91. The molecule has 0 aliphatic carbocycles. The fourth-order valence-corrected chi connectivity index (χ4v) is 0.942. The van der Waals surface area contributed by atoms with Gasteiger partial charge in [0.15, 0.2) is 5.78 Å². The Morgan fingerprint density at radius 2 is 1.80 bits per heavy atom. The molecule has 0 saturated carbocycles. The topological polar surface area (TPSA) is 81.7 Å². The summed E-state index contributed by atoms with van der Waals surface area (Å²) in [6.07, 6.45) is -0.415. The van der Waals surface area contributed by atoms with Gasteiger partial charge in [-0.1, -0.05) is 0 Å². The van der Waals surface area contributed by atoms with Gasteiger partial charge in [-0.2, -0.15) is 0 Å². The molecular formula is C9H15NO5. The number of alkyl carbamates (subject to hydrolysis) is 1. The number of amides is 1. The molecule has 0 saturated heterocycles. The van der Waals surface area contributed by atoms with Gasteiger partial charge >= 0.3 is 12.1 Å². The summed E-state index contributed by atoms with van der Waals surface area (Å²) in [7, 11) is 2.46. The van der Waals surface area contributed by atoms with Crippen molar-refractivity contribution in [2.45, 2.75) is 25.8 Å². The van der Waals surface area contributed by atoms with Gasteiger partial charge < -0.3 is 14.8 Å². The van der Waals surface area contributed by atoms with Crippen LogP contribution < -0.4 is 5.32 Å². The highest BCUT2D eigenvalue weighted by molar-refractivity contribution is 5.85. The lowest BCUT2D eigenvalue weighted by molar-refractivity contribution is -0.140. The summed E-state index contributed by atoms with van der Waals surface area (Å²) in [6, 6.07) is -0.712. The van der Waals surface area contributed by atoms with E-state index in [2.05, 4.69) is 14.8 Å². The number of Topliss-reactive ketones (excluding diaryl/α,β-unsaturated/α-hetero) is 1. The van der Waals surface area contributed by atoms with E-state index in [0.717, 1.165) is 0 Å². The van der Waals surface area contributed by atoms with Crippen molar-refractivity contribution < 1.29 is 23.9 Å². The Hall–Kier alpha value is -1.59. The monoisotopic (exact) mass is 217 g/mol. The molecule has 0 aliphatic rings. The molecular weight excluding hydrogens is 202 g/mol. The minimum atomic E-state index is -0.712. The Balaban J connectivity index is 4.11. The lowest BCUT2D eigenvalue weighted by Crippen LogP contribution is -2.40. The number of ketones is 1. The molecule has 0 radical (unpaired) electrons. The molecule has 86 valence electrons. The molecule has 0 heterocycles. The van der Waals surface area contributed by atoms with Crippen LogP contribution >= 0.6 is 0 Å². The number of esters is 1. The number of methoxy groups -OCH3 is 2. The average Bonchev–Trinajstić information content (AvgIpc) is 2.22. The van der Waals surface area contributed by atoms with E-state index in [0.29, 0.717) is 0 Å². The van der Waals surface area contributed by atoms with Crippen LogP contribution in [0.3, 0.4) is 0 Å². The molecule has 0 aromatic rings. The first-order valence-corrected chi connectivity index (χ1v) is 4.43. The second kappa shape index (κ2) is 6.80. The number of carbonyl (C=O) groups excluding carboxylic acids is 3. The third-order valence-electron chi connectivity index (χ3n) is 1.83. The van der Waals surface area contributed by atoms with Crippen LogP contribution in [0.25, 0.3) is 0 Å². The standard InChI is InChI=1S/C9H15NO5/c1-6(11)7(10-9(13)15-3)4-5-8(12)14-2/h7H,4-5H2,1-3H3,(H,10,13). The van der Waals surface area contributed by atoms with Gasteiger partial charge in [0.05, 0.1) is 20.3 Å². The minimum absolute atomic E-state index is 0.0741. The first-order valence-electron chi connectivity index (χ1n) is 4.43. The first kappa shape index (κ1) is 13.4. The van der Waals surface area contributed by atoms with E-state index in [-0.39, 0.29) is 18.6 Å². The van der Waals surface area contributed by atoms with E-state index in [4.69, 9.17) is 0 Å². The molecule has 6 nitrogen and oxygen atoms in total. The number of carbonyl (C=O) groups is 3. The highest BCUT2D eigenvalue weighted by atomic mass is 16.5. The highest BCUT2D eigenvalue weighted by Gasteiger charge is 2.18. The van der Waals surface area contributed by atoms with Crippen LogP contribution in [0.4, 0.5) is 4.79 Å². The first-order chi connectivity index (χ1) is 7.01. The van der Waals surface area contributed by atoms with Crippen molar-refractivity contribution in [1.82, 2.24) is 5.32 Å². The number of ether oxygens (including phenoxy) is 2. The number of nitrogens with one attached hydrogen (secondary N) is 1. The van der Waals surface area contributed by atoms with Crippen LogP contribution in [0.15, 0.2) is 0 Å². The smallest absolute Gasteiger partial charge is 0.407 e. The SMILES string of the molecule is COC(=O)CCC(NC(=O)OC)C(C)=O. The molecule has 1 amide bonds. The molecule has 0 aliphatic heterocycles. The molecule has 1 N–H and O–H groups in total. The van der Waals surface area contributed by atoms with Crippen molar-refractivity contribution in [3.05, 3.63) is 0 Å². The summed E-state index contributed by atoms with van der Waals surface area (Å²) in [5, 5.41) is 2.33. The van der Waals surface area contributed by atoms with Gasteiger partial charge in [-0.25, -0.2) is 4.79 Å². The number of rotatable bonds is 5. The third-order valence-corrected chi connectivity index (χ3v) is 1.83. The fraction of sp³-hybridized carbons (Fsp3) is 0.667. The molecule has 6 heteroatoms. The van der Waals surface area contributed by atoms with Gasteiger partial charge in [-0.15, -0.1) is 0 Å². The molecule has 1 unspecified atom stereocenters. The van der Waals surface area contributed by atoms with Gasteiger partial charge in [0.2, 0.25) is 0 Å². The maximum atomic E-state index is 11.1. The predicted octanol–water partition coefficient (Wildman–Crippen LogP) is 0.253. The Bertz CT molecular complexity index is 251. The van der Waals surface area contributed by atoms with Gasteiger partial charge in [0, 0.05) is 6.42 Å². The zero-order valence-corrected chi connectivity index (χ0v) is 9.03. The zero-order chi connectivity index (χ0) is 11.8. The van der Waals surface area contributed by atoms with Crippen LogP contribution in [0.2, 0.25) is 0 Å². The van der Waals surface area contributed by atoms with Crippen LogP contribution in [0, 0.1) is 0 Å². The lowest BCUT2D eigenvalue weighted by Gasteiger charge is -2.13. The van der Waals surface area contributed by atoms with Crippen molar-refractivity contribution in [3.8, 4) is 0 Å². The summed E-state index contributed by atoms with van der Waals surface area (Å²) in [5.74, 6) is -0.655. The second-order valence-electron chi connectivity index (χ2n) is 2.91. The Morgan fingerprint density at radius 1 is 1.20 bits per heavy atom. The summed E-state index contributed by atoms with van der Waals surface area (Å²) < 4.78 is 8.76. The predicted molar refractivity (Wildman–Crippen MR) is 51.3 cm³/mol. The van der Waals surface area contributed by atoms with Crippen LogP contribution in [0.5, 0.6) is 0 Å². The number of hydrogen-bond acceptors (Lipinski definition) is 5. The van der Waals surface area contributed by atoms with Crippen LogP contribution in [-0.2, 0) is 19.1 Å². The van der Waals surface area contributed by atoms with E-state index in [1.807, 2.05) is 0 Å². The van der Waals surface area contributed by atoms with Gasteiger partial charge in [-0.3, -0.25) is 9.59 Å². The van der Waals surface area contributed by atoms with Crippen molar-refractivity contribution >= 4 is 17.8 Å². The summed E-state index contributed by atoms with van der Waals surface area (Å²) >= 11 is 0. The summed E-state index contributed by atoms with van der Waals surface area (Å²) in [6.45, 7) is 1.33. The van der Waals surface area contributed by atoms with E-state index in [1.54, 1.807) is 0 Å². The Labute approximate surface area is 87.9 Å². The quantitative estimate of drug-likeness (QED) is 0.668. The summed E-state index contributed by atoms with van der Waals surface area (Å²) in [5.41, 5.74) is 0. The zero-order valence-electron chi connectivity index (χ0n) is 9.03. The van der Waals surface area contributed by atoms with Gasteiger partial charge in [0.1, 0.15) is 0 Å². The van der Waals surface area contributed by atoms with Crippen molar-refractivity contribution in [3.63, 3.8) is 0 Å². The normalized spacial score (nSPS) is 11.4. The Kier molecular flexibility index (Phi) is 6.08. The van der Waals surface area contributed by atoms with Gasteiger partial charge in [0.25, 0.3) is 0 Å². The van der Waals surface area contributed by atoms with Crippen molar-refractivity contribution in [2.75, 3.05) is 14.2 Å². The fourth-order valence-electron chi connectivity index (χ4n) is 0.942. The highest BCUT2D eigenvalue weighted by Crippen LogP contribution is 2.00. The maximum Gasteiger partial charge on any atom is 0.407 e. The molecule has 0 rings (SSSR count). The largest absolute Gasteiger partial charge is 0.469 e. The van der Waals surface area contributed by atoms with Crippen molar-refractivity contribution in [2.24, 2.45) is 0 Å². The Morgan fingerprint density at radius 3 is 2.20 bits per heavy atom. The maximum absolute atomic E-state index is 11.1. The van der Waals surface area contributed by atoms with Gasteiger partial charge in [-0.05, 0) is 13.3 Å². The molecule has 0 fully saturated rings. The van der Waals surface area contributed by atoms with Crippen LogP contribution in [-0.4, -0.2) is 38.1 Å². The molecule has 0 bridgehead atoms. The summed E-state index contributed by atoms with van der Waals surface area (Å²) in [4.78, 5) is 32.7. The van der Waals surface area contributed by atoms with E-state index in [1.165, 1.54) is 21.1 Å². The van der Waals surface area contributed by atoms with E-state index >= 15 is 0 Å². The third kappa shape index (κ3) is 5.66. The van der Waals surface area contributed by atoms with E-state index in [9.17, 15) is 14.4 Å². The lowest BCUT2D eigenvalue weighted by atomic mass is 10.1. The molecule has 15 heavy (non-hydrogen) atoms.